The van der Waals surface area contributed by atoms with Crippen LogP contribution in [0.15, 0.2) is 42.6 Å². The van der Waals surface area contributed by atoms with Crippen molar-refractivity contribution >= 4 is 11.3 Å². The number of methoxy groups -OCH3 is 4. The average Bonchev–Trinajstić information content (AvgIpc) is 3.21. The third kappa shape index (κ3) is 4.37. The van der Waals surface area contributed by atoms with Gasteiger partial charge in [0.15, 0.2) is 23.0 Å². The summed E-state index contributed by atoms with van der Waals surface area (Å²) < 4.78 is 21.5. The number of hydrogen-bond donors (Lipinski definition) is 1. The number of nitrogens with one attached hydrogen (secondary N) is 1. The van der Waals surface area contributed by atoms with Gasteiger partial charge in [-0.2, -0.15) is 0 Å². The molecule has 0 radical (unpaired) electrons. The Morgan fingerprint density at radius 2 is 1.64 bits per heavy atom. The highest BCUT2D eigenvalue weighted by atomic mass is 32.1. The zero-order valence-electron chi connectivity index (χ0n) is 16.4. The molecule has 7 heteroatoms. The first kappa shape index (κ1) is 20.0. The van der Waals surface area contributed by atoms with Crippen LogP contribution >= 0.6 is 11.3 Å². The van der Waals surface area contributed by atoms with Gasteiger partial charge in [-0.1, -0.05) is 12.1 Å². The van der Waals surface area contributed by atoms with Crippen LogP contribution in [-0.2, 0) is 13.1 Å². The van der Waals surface area contributed by atoms with Crippen molar-refractivity contribution in [2.75, 3.05) is 28.4 Å². The lowest BCUT2D eigenvalue weighted by Crippen LogP contribution is -2.12. The fraction of sp³-hybridized carbons (Fsp3) is 0.286. The highest BCUT2D eigenvalue weighted by molar-refractivity contribution is 7.15. The molecule has 0 bridgehead atoms. The molecule has 28 heavy (non-hydrogen) atoms. The molecule has 0 amide bonds. The first-order valence-electron chi connectivity index (χ1n) is 8.77. The first-order valence-corrected chi connectivity index (χ1v) is 9.59. The van der Waals surface area contributed by atoms with Crippen molar-refractivity contribution in [3.05, 3.63) is 53.2 Å². The molecule has 6 nitrogen and oxygen atoms in total. The van der Waals surface area contributed by atoms with Gasteiger partial charge in [0.05, 0.1) is 33.3 Å². The van der Waals surface area contributed by atoms with E-state index in [0.717, 1.165) is 38.3 Å². The molecule has 3 rings (SSSR count). The summed E-state index contributed by atoms with van der Waals surface area (Å²) in [5.74, 6) is 2.88. The monoisotopic (exact) mass is 400 g/mol. The predicted octanol–water partition coefficient (Wildman–Crippen LogP) is 4.13. The minimum Gasteiger partial charge on any atom is -0.493 e. The molecule has 1 heterocycles. The Hall–Kier alpha value is -2.77. The van der Waals surface area contributed by atoms with E-state index in [1.165, 1.54) is 0 Å². The van der Waals surface area contributed by atoms with Gasteiger partial charge in [0.2, 0.25) is 0 Å². The Morgan fingerprint density at radius 3 is 2.36 bits per heavy atom. The second-order valence-electron chi connectivity index (χ2n) is 5.95. The Balaban J connectivity index is 1.66. The quantitative estimate of drug-likeness (QED) is 0.583. The molecular formula is C21H24N2O4S. The molecule has 2 aromatic carbocycles. The normalized spacial score (nSPS) is 10.6. The molecule has 1 N–H and O–H groups in total. The number of hydrogen-bond acceptors (Lipinski definition) is 7. The van der Waals surface area contributed by atoms with Crippen LogP contribution in [0.3, 0.4) is 0 Å². The lowest BCUT2D eigenvalue weighted by Gasteiger charge is -2.11. The number of nitrogens with zero attached hydrogens (tertiary/aromatic N) is 1. The summed E-state index contributed by atoms with van der Waals surface area (Å²) in [6, 6.07) is 11.7. The van der Waals surface area contributed by atoms with Crippen LogP contribution in [0.5, 0.6) is 23.0 Å². The van der Waals surface area contributed by atoms with Crippen LogP contribution in [0.2, 0.25) is 0 Å². The largest absolute Gasteiger partial charge is 0.493 e. The third-order valence-electron chi connectivity index (χ3n) is 4.28. The maximum atomic E-state index is 5.53. The van der Waals surface area contributed by atoms with E-state index < -0.39 is 0 Å². The summed E-state index contributed by atoms with van der Waals surface area (Å²) in [5, 5.41) is 4.42. The third-order valence-corrected chi connectivity index (χ3v) is 5.31. The van der Waals surface area contributed by atoms with Crippen LogP contribution in [0.4, 0.5) is 0 Å². The van der Waals surface area contributed by atoms with E-state index in [2.05, 4.69) is 10.3 Å². The van der Waals surface area contributed by atoms with Gasteiger partial charge in [-0.15, -0.1) is 11.3 Å². The van der Waals surface area contributed by atoms with E-state index in [0.29, 0.717) is 18.8 Å². The van der Waals surface area contributed by atoms with Crippen molar-refractivity contribution in [2.24, 2.45) is 0 Å². The second kappa shape index (κ2) is 9.43. The molecule has 148 valence electrons. The summed E-state index contributed by atoms with van der Waals surface area (Å²) in [4.78, 5) is 5.57. The van der Waals surface area contributed by atoms with Crippen molar-refractivity contribution in [1.29, 1.82) is 0 Å². The van der Waals surface area contributed by atoms with Crippen molar-refractivity contribution in [2.45, 2.75) is 13.1 Å². The molecule has 1 aromatic heterocycles. The van der Waals surface area contributed by atoms with Crippen molar-refractivity contribution in [3.8, 4) is 33.4 Å². The molecule has 0 fully saturated rings. The Labute approximate surface area is 169 Å². The van der Waals surface area contributed by atoms with Gasteiger partial charge in [0.1, 0.15) is 5.01 Å². The minimum absolute atomic E-state index is 0.672. The van der Waals surface area contributed by atoms with Crippen molar-refractivity contribution < 1.29 is 18.9 Å². The molecular weight excluding hydrogens is 376 g/mol. The zero-order chi connectivity index (χ0) is 19.9. The molecule has 0 saturated carbocycles. The summed E-state index contributed by atoms with van der Waals surface area (Å²) >= 11 is 1.63. The first-order chi connectivity index (χ1) is 13.7. The number of benzene rings is 2. The highest BCUT2D eigenvalue weighted by Crippen LogP contribution is 2.39. The fourth-order valence-electron chi connectivity index (χ4n) is 2.90. The van der Waals surface area contributed by atoms with Crippen LogP contribution < -0.4 is 24.3 Å². The summed E-state index contributed by atoms with van der Waals surface area (Å²) in [6.45, 7) is 1.38. The predicted molar refractivity (Wildman–Crippen MR) is 111 cm³/mol. The van der Waals surface area contributed by atoms with Crippen molar-refractivity contribution in [3.63, 3.8) is 0 Å². The lowest BCUT2D eigenvalue weighted by atomic mass is 10.1. The number of ether oxygens (including phenoxy) is 4. The zero-order valence-corrected chi connectivity index (χ0v) is 17.3. The average molecular weight is 401 g/mol. The smallest absolute Gasteiger partial charge is 0.169 e. The van der Waals surface area contributed by atoms with Crippen LogP contribution in [-0.4, -0.2) is 33.4 Å². The molecule has 0 saturated heterocycles. The van der Waals surface area contributed by atoms with Gasteiger partial charge in [0, 0.05) is 24.8 Å². The van der Waals surface area contributed by atoms with E-state index in [1.54, 1.807) is 39.8 Å². The molecule has 0 aliphatic rings. The minimum atomic E-state index is 0.672. The lowest BCUT2D eigenvalue weighted by molar-refractivity contribution is 0.354. The second-order valence-corrected chi connectivity index (χ2v) is 7.07. The van der Waals surface area contributed by atoms with Gasteiger partial charge in [0.25, 0.3) is 0 Å². The number of thiazole rings is 1. The molecule has 0 atom stereocenters. The molecule has 0 aliphatic heterocycles. The summed E-state index contributed by atoms with van der Waals surface area (Å²) in [5.41, 5.74) is 2.09. The standard InChI is InChI=1S/C21H24N2O4S/c1-24-16-9-8-14(10-18(16)26-3)11-22-13-20-23-12-19(28-20)15-6-5-7-17(25-2)21(15)27-4/h5-10,12,22H,11,13H2,1-4H3. The van der Waals surface area contributed by atoms with E-state index in [-0.39, 0.29) is 0 Å². The Bertz CT molecular complexity index is 927. The van der Waals surface area contributed by atoms with Crippen LogP contribution in [0.25, 0.3) is 10.4 Å². The van der Waals surface area contributed by atoms with E-state index in [4.69, 9.17) is 18.9 Å². The van der Waals surface area contributed by atoms with E-state index in [1.807, 2.05) is 42.6 Å². The van der Waals surface area contributed by atoms with Gasteiger partial charge in [-0.25, -0.2) is 4.98 Å². The van der Waals surface area contributed by atoms with Gasteiger partial charge in [-0.05, 0) is 29.8 Å². The SMILES string of the molecule is COc1ccc(CNCc2ncc(-c3cccc(OC)c3OC)s2)cc1OC. The molecule has 0 unspecified atom stereocenters. The molecule has 3 aromatic rings. The number of para-hydroxylation sites is 1. The Morgan fingerprint density at radius 1 is 0.857 bits per heavy atom. The summed E-state index contributed by atoms with van der Waals surface area (Å²) in [7, 11) is 6.55. The maximum absolute atomic E-state index is 5.53. The molecule has 0 spiro atoms. The van der Waals surface area contributed by atoms with Gasteiger partial charge < -0.3 is 24.3 Å². The number of rotatable bonds is 9. The van der Waals surface area contributed by atoms with E-state index >= 15 is 0 Å². The molecule has 0 aliphatic carbocycles. The Kier molecular flexibility index (Phi) is 6.73. The fourth-order valence-corrected chi connectivity index (χ4v) is 3.81. The van der Waals surface area contributed by atoms with Crippen LogP contribution in [0, 0.1) is 0 Å². The van der Waals surface area contributed by atoms with Crippen LogP contribution in [0.1, 0.15) is 10.6 Å². The summed E-state index contributed by atoms with van der Waals surface area (Å²) in [6.07, 6.45) is 1.87. The van der Waals surface area contributed by atoms with E-state index in [9.17, 15) is 0 Å². The number of aromatic nitrogens is 1. The highest BCUT2D eigenvalue weighted by Gasteiger charge is 2.14. The van der Waals surface area contributed by atoms with Crippen molar-refractivity contribution in [1.82, 2.24) is 10.3 Å². The van der Waals surface area contributed by atoms with Gasteiger partial charge in [-0.3, -0.25) is 0 Å². The van der Waals surface area contributed by atoms with Gasteiger partial charge >= 0.3 is 0 Å². The topological polar surface area (TPSA) is 61.8 Å². The maximum Gasteiger partial charge on any atom is 0.169 e.